The van der Waals surface area contributed by atoms with Crippen molar-refractivity contribution in [2.75, 3.05) is 6.16 Å². The lowest BCUT2D eigenvalue weighted by Gasteiger charge is -2.26. The van der Waals surface area contributed by atoms with E-state index in [9.17, 15) is 4.79 Å². The third kappa shape index (κ3) is 8.32. The summed E-state index contributed by atoms with van der Waals surface area (Å²) in [5.41, 5.74) is 0. The van der Waals surface area contributed by atoms with Crippen molar-refractivity contribution < 1.29 is 9.90 Å². The molecular formula is C30H42N2O2P+. The lowest BCUT2D eigenvalue weighted by molar-refractivity contribution is -0.137. The summed E-state index contributed by atoms with van der Waals surface area (Å²) in [6.07, 6.45) is 19.1. The fourth-order valence-corrected chi connectivity index (χ4v) is 9.36. The van der Waals surface area contributed by atoms with Crippen molar-refractivity contribution in [2.45, 2.75) is 77.0 Å². The highest BCUT2D eigenvalue weighted by atomic mass is 31.2. The van der Waals surface area contributed by atoms with Gasteiger partial charge in [-0.05, 0) is 43.5 Å². The Hall–Kier alpha value is -2.45. The van der Waals surface area contributed by atoms with Crippen LogP contribution in [0.2, 0.25) is 0 Å². The number of carboxylic acid groups (broad SMARTS) is 1. The lowest BCUT2D eigenvalue weighted by atomic mass is 10.1. The van der Waals surface area contributed by atoms with E-state index in [1.165, 1.54) is 79.9 Å². The van der Waals surface area contributed by atoms with Gasteiger partial charge in [0.1, 0.15) is 23.2 Å². The molecule has 2 aromatic carbocycles. The Morgan fingerprint density at radius 3 is 1.60 bits per heavy atom. The predicted octanol–water partition coefficient (Wildman–Crippen LogP) is 6.48. The summed E-state index contributed by atoms with van der Waals surface area (Å²) in [4.78, 5) is 10.6. The zero-order valence-electron chi connectivity index (χ0n) is 21.3. The standard InChI is InChI=1S/C30H41N2O2P/c1-32-26-29(25-31-32)35(27-19-13-11-14-20-27,28-21-15-12-16-22-28)24-18-10-8-6-4-2-3-5-7-9-17-23-30(33)34/h11-16,19-22,25-26H,2-10,17-18,23-24H2,1H3/p+1. The molecule has 188 valence electrons. The van der Waals surface area contributed by atoms with E-state index in [1.807, 2.05) is 11.7 Å². The molecule has 5 heteroatoms. The van der Waals surface area contributed by atoms with Gasteiger partial charge in [0, 0.05) is 13.5 Å². The van der Waals surface area contributed by atoms with Gasteiger partial charge in [0.15, 0.2) is 0 Å². The molecule has 1 N–H and O–H groups in total. The van der Waals surface area contributed by atoms with E-state index in [0.29, 0.717) is 6.42 Å². The molecule has 0 bridgehead atoms. The third-order valence-electron chi connectivity index (χ3n) is 6.91. The van der Waals surface area contributed by atoms with E-state index in [0.717, 1.165) is 12.8 Å². The molecule has 0 saturated heterocycles. The normalized spacial score (nSPS) is 11.6. The Labute approximate surface area is 212 Å². The highest BCUT2D eigenvalue weighted by Gasteiger charge is 2.45. The minimum Gasteiger partial charge on any atom is -0.481 e. The first-order chi connectivity index (χ1) is 17.1. The average Bonchev–Trinajstić information content (AvgIpc) is 3.32. The highest BCUT2D eigenvalue weighted by Crippen LogP contribution is 2.55. The number of aryl methyl sites for hydroxylation is 1. The molecule has 3 aromatic rings. The van der Waals surface area contributed by atoms with Gasteiger partial charge in [-0.15, -0.1) is 0 Å². The van der Waals surface area contributed by atoms with Crippen LogP contribution in [0.25, 0.3) is 0 Å². The van der Waals surface area contributed by atoms with E-state index in [1.54, 1.807) is 0 Å². The smallest absolute Gasteiger partial charge is 0.303 e. The summed E-state index contributed by atoms with van der Waals surface area (Å²) in [5, 5.41) is 17.5. The Balaban J connectivity index is 1.50. The summed E-state index contributed by atoms with van der Waals surface area (Å²) in [7, 11) is 0.279. The minimum atomic E-state index is -1.74. The molecule has 0 atom stereocenters. The summed E-state index contributed by atoms with van der Waals surface area (Å²) in [6, 6.07) is 22.2. The van der Waals surface area contributed by atoms with Crippen LogP contribution in [0.3, 0.4) is 0 Å². The predicted molar refractivity (Wildman–Crippen MR) is 150 cm³/mol. The molecule has 0 amide bonds. The molecule has 0 aliphatic rings. The van der Waals surface area contributed by atoms with Crippen LogP contribution in [0.15, 0.2) is 73.1 Å². The summed E-state index contributed by atoms with van der Waals surface area (Å²) < 4.78 is 1.95. The number of aromatic nitrogens is 2. The molecule has 0 aliphatic heterocycles. The largest absolute Gasteiger partial charge is 0.481 e. The van der Waals surface area contributed by atoms with Crippen molar-refractivity contribution in [3.63, 3.8) is 0 Å². The zero-order valence-corrected chi connectivity index (χ0v) is 22.2. The van der Waals surface area contributed by atoms with Gasteiger partial charge in [-0.3, -0.25) is 9.48 Å². The summed E-state index contributed by atoms with van der Waals surface area (Å²) >= 11 is 0. The molecule has 1 aromatic heterocycles. The fraction of sp³-hybridized carbons (Fsp3) is 0.467. The topological polar surface area (TPSA) is 55.1 Å². The number of hydrogen-bond donors (Lipinski definition) is 1. The van der Waals surface area contributed by atoms with Gasteiger partial charge < -0.3 is 5.11 Å². The highest BCUT2D eigenvalue weighted by molar-refractivity contribution is 7.95. The van der Waals surface area contributed by atoms with E-state index >= 15 is 0 Å². The monoisotopic (exact) mass is 493 g/mol. The molecule has 3 rings (SSSR count). The number of benzene rings is 2. The maximum absolute atomic E-state index is 10.6. The second-order valence-corrected chi connectivity index (χ2v) is 13.2. The van der Waals surface area contributed by atoms with Crippen molar-refractivity contribution in [1.29, 1.82) is 0 Å². The maximum Gasteiger partial charge on any atom is 0.303 e. The number of rotatable bonds is 17. The number of hydrogen-bond acceptors (Lipinski definition) is 2. The van der Waals surface area contributed by atoms with Gasteiger partial charge in [-0.2, -0.15) is 5.10 Å². The van der Waals surface area contributed by atoms with Crippen LogP contribution in [0.4, 0.5) is 0 Å². The molecule has 0 saturated carbocycles. The van der Waals surface area contributed by atoms with Gasteiger partial charge >= 0.3 is 5.97 Å². The maximum atomic E-state index is 10.6. The first kappa shape index (κ1) is 27.1. The average molecular weight is 494 g/mol. The molecule has 0 fully saturated rings. The van der Waals surface area contributed by atoms with Crippen LogP contribution >= 0.6 is 7.26 Å². The first-order valence-electron chi connectivity index (χ1n) is 13.3. The Bertz CT molecular complexity index is 948. The van der Waals surface area contributed by atoms with Crippen LogP contribution in [0, 0.1) is 0 Å². The van der Waals surface area contributed by atoms with Crippen LogP contribution < -0.4 is 15.9 Å². The van der Waals surface area contributed by atoms with Crippen molar-refractivity contribution in [3.8, 4) is 0 Å². The van der Waals surface area contributed by atoms with Crippen molar-refractivity contribution in [3.05, 3.63) is 73.1 Å². The van der Waals surface area contributed by atoms with Gasteiger partial charge in [0.2, 0.25) is 0 Å². The van der Waals surface area contributed by atoms with Crippen LogP contribution in [0.1, 0.15) is 77.0 Å². The van der Waals surface area contributed by atoms with Crippen molar-refractivity contribution in [1.82, 2.24) is 9.78 Å². The quantitative estimate of drug-likeness (QED) is 0.173. The Morgan fingerprint density at radius 2 is 1.17 bits per heavy atom. The Kier molecular flexibility index (Phi) is 11.5. The van der Waals surface area contributed by atoms with E-state index in [2.05, 4.69) is 78.2 Å². The van der Waals surface area contributed by atoms with Crippen LogP contribution in [0.5, 0.6) is 0 Å². The van der Waals surface area contributed by atoms with Crippen LogP contribution in [-0.4, -0.2) is 27.0 Å². The molecule has 0 radical (unpaired) electrons. The second kappa shape index (κ2) is 14.8. The number of carbonyl (C=O) groups is 1. The van der Waals surface area contributed by atoms with Crippen LogP contribution in [-0.2, 0) is 11.8 Å². The van der Waals surface area contributed by atoms with E-state index in [-0.39, 0.29) is 0 Å². The van der Waals surface area contributed by atoms with Gasteiger partial charge in [-0.25, -0.2) is 0 Å². The van der Waals surface area contributed by atoms with E-state index in [4.69, 9.17) is 5.11 Å². The number of nitrogens with zero attached hydrogens (tertiary/aromatic N) is 2. The number of carboxylic acids is 1. The van der Waals surface area contributed by atoms with Gasteiger partial charge in [0.05, 0.1) is 18.6 Å². The number of aliphatic carboxylic acids is 1. The lowest BCUT2D eigenvalue weighted by Crippen LogP contribution is -2.33. The summed E-state index contributed by atoms with van der Waals surface area (Å²) in [5.74, 6) is -0.669. The molecule has 0 spiro atoms. The Morgan fingerprint density at radius 1 is 0.714 bits per heavy atom. The minimum absolute atomic E-state index is 0.318. The molecule has 0 aliphatic carbocycles. The molecule has 0 unspecified atom stereocenters. The van der Waals surface area contributed by atoms with Gasteiger partial charge in [0.25, 0.3) is 0 Å². The molecular weight excluding hydrogens is 451 g/mol. The molecule has 1 heterocycles. The fourth-order valence-electron chi connectivity index (χ4n) is 5.02. The molecule has 4 nitrogen and oxygen atoms in total. The van der Waals surface area contributed by atoms with Gasteiger partial charge in [-0.1, -0.05) is 87.8 Å². The second-order valence-electron chi connectivity index (χ2n) is 9.61. The number of unbranched alkanes of at least 4 members (excludes halogenated alkanes) is 10. The van der Waals surface area contributed by atoms with Crippen molar-refractivity contribution in [2.24, 2.45) is 7.05 Å². The SMILES string of the molecule is Cn1cc([P+](CCCCCCCCCCCCCC(=O)O)(c2ccccc2)c2ccccc2)cn1. The van der Waals surface area contributed by atoms with E-state index < -0.39 is 13.2 Å². The van der Waals surface area contributed by atoms with Crippen molar-refractivity contribution >= 4 is 29.1 Å². The third-order valence-corrected chi connectivity index (χ3v) is 11.4. The first-order valence-corrected chi connectivity index (χ1v) is 15.3. The zero-order chi connectivity index (χ0) is 24.8. The molecule has 35 heavy (non-hydrogen) atoms. The summed E-state index contributed by atoms with van der Waals surface area (Å²) in [6.45, 7) is 0.